The fourth-order valence-corrected chi connectivity index (χ4v) is 2.11. The zero-order valence-corrected chi connectivity index (χ0v) is 8.90. The first-order chi connectivity index (χ1) is 7.47. The van der Waals surface area contributed by atoms with Gasteiger partial charge in [-0.1, -0.05) is 12.1 Å². The van der Waals surface area contributed by atoms with Gasteiger partial charge in [-0.25, -0.2) is 0 Å². The van der Waals surface area contributed by atoms with Crippen LogP contribution in [0, 0.1) is 0 Å². The molecule has 1 aromatic carbocycles. The average Bonchev–Trinajstić information content (AvgIpc) is 2.64. The number of halogens is 3. The standard InChI is InChI=1S/C11H8F3NS/c12-11(13,14)8-3-1-7(2-4-8)9-5-6-10(15)16-9/h1-6H,15H2. The van der Waals surface area contributed by atoms with Crippen LogP contribution in [-0.4, -0.2) is 0 Å². The van der Waals surface area contributed by atoms with Gasteiger partial charge in [-0.15, -0.1) is 11.3 Å². The third-order valence-corrected chi connectivity index (χ3v) is 3.09. The van der Waals surface area contributed by atoms with E-state index in [0.717, 1.165) is 22.6 Å². The van der Waals surface area contributed by atoms with Crippen molar-refractivity contribution in [1.29, 1.82) is 0 Å². The van der Waals surface area contributed by atoms with Gasteiger partial charge in [0, 0.05) is 4.88 Å². The molecule has 2 rings (SSSR count). The van der Waals surface area contributed by atoms with Crippen molar-refractivity contribution in [3.05, 3.63) is 42.0 Å². The Hall–Kier alpha value is -1.49. The molecule has 84 valence electrons. The van der Waals surface area contributed by atoms with E-state index in [1.165, 1.54) is 23.5 Å². The van der Waals surface area contributed by atoms with Crippen LogP contribution in [-0.2, 0) is 6.18 Å². The smallest absolute Gasteiger partial charge is 0.391 e. The third kappa shape index (κ3) is 2.19. The summed E-state index contributed by atoms with van der Waals surface area (Å²) in [5.41, 5.74) is 5.66. The van der Waals surface area contributed by atoms with E-state index in [2.05, 4.69) is 0 Å². The van der Waals surface area contributed by atoms with Gasteiger partial charge in [-0.05, 0) is 29.8 Å². The minimum absolute atomic E-state index is 0.638. The molecule has 0 aliphatic carbocycles. The predicted octanol–water partition coefficient (Wildman–Crippen LogP) is 4.02. The van der Waals surface area contributed by atoms with Crippen LogP contribution in [0.4, 0.5) is 18.2 Å². The van der Waals surface area contributed by atoms with Crippen LogP contribution in [0.1, 0.15) is 5.56 Å². The molecular weight excluding hydrogens is 235 g/mol. The van der Waals surface area contributed by atoms with Gasteiger partial charge in [0.2, 0.25) is 0 Å². The van der Waals surface area contributed by atoms with Gasteiger partial charge in [-0.2, -0.15) is 13.2 Å². The van der Waals surface area contributed by atoms with Crippen molar-refractivity contribution in [3.63, 3.8) is 0 Å². The van der Waals surface area contributed by atoms with Crippen molar-refractivity contribution in [1.82, 2.24) is 0 Å². The van der Waals surface area contributed by atoms with E-state index in [4.69, 9.17) is 5.73 Å². The summed E-state index contributed by atoms with van der Waals surface area (Å²) in [5.74, 6) is 0. The van der Waals surface area contributed by atoms with E-state index in [9.17, 15) is 13.2 Å². The van der Waals surface area contributed by atoms with E-state index >= 15 is 0 Å². The summed E-state index contributed by atoms with van der Waals surface area (Å²) < 4.78 is 36.9. The maximum atomic E-state index is 12.3. The molecule has 0 radical (unpaired) electrons. The number of rotatable bonds is 1. The Balaban J connectivity index is 2.33. The molecule has 0 amide bonds. The molecule has 1 nitrogen and oxygen atoms in total. The fourth-order valence-electron chi connectivity index (χ4n) is 1.33. The van der Waals surface area contributed by atoms with Gasteiger partial charge >= 0.3 is 6.18 Å². The first-order valence-corrected chi connectivity index (χ1v) is 5.31. The molecule has 16 heavy (non-hydrogen) atoms. The second kappa shape index (κ2) is 3.83. The molecule has 1 heterocycles. The molecule has 2 N–H and O–H groups in total. The lowest BCUT2D eigenvalue weighted by Crippen LogP contribution is -2.03. The third-order valence-electron chi connectivity index (χ3n) is 2.12. The molecule has 0 aliphatic rings. The van der Waals surface area contributed by atoms with Crippen LogP contribution in [0.2, 0.25) is 0 Å². The van der Waals surface area contributed by atoms with Crippen molar-refractivity contribution in [3.8, 4) is 10.4 Å². The second-order valence-electron chi connectivity index (χ2n) is 3.28. The van der Waals surface area contributed by atoms with Gasteiger partial charge in [0.05, 0.1) is 10.6 Å². The molecule has 0 unspecified atom stereocenters. The van der Waals surface area contributed by atoms with Gasteiger partial charge in [0.1, 0.15) is 0 Å². The summed E-state index contributed by atoms with van der Waals surface area (Å²) in [6.45, 7) is 0. The number of nitrogens with two attached hydrogens (primary N) is 1. The summed E-state index contributed by atoms with van der Waals surface area (Å²) in [6, 6.07) is 8.58. The van der Waals surface area contributed by atoms with Gasteiger partial charge in [0.15, 0.2) is 0 Å². The van der Waals surface area contributed by atoms with Crippen molar-refractivity contribution >= 4 is 16.3 Å². The highest BCUT2D eigenvalue weighted by atomic mass is 32.1. The molecule has 2 aromatic rings. The van der Waals surface area contributed by atoms with Gasteiger partial charge < -0.3 is 5.73 Å². The average molecular weight is 243 g/mol. The van der Waals surface area contributed by atoms with Crippen molar-refractivity contribution < 1.29 is 13.2 Å². The van der Waals surface area contributed by atoms with Gasteiger partial charge in [-0.3, -0.25) is 0 Å². The predicted molar refractivity (Wildman–Crippen MR) is 59.2 cm³/mol. The van der Waals surface area contributed by atoms with E-state index in [0.29, 0.717) is 5.00 Å². The number of thiophene rings is 1. The lowest BCUT2D eigenvalue weighted by Gasteiger charge is -2.06. The summed E-state index contributed by atoms with van der Waals surface area (Å²) >= 11 is 1.35. The highest BCUT2D eigenvalue weighted by molar-refractivity contribution is 7.19. The number of anilines is 1. The van der Waals surface area contributed by atoms with E-state index < -0.39 is 11.7 Å². The summed E-state index contributed by atoms with van der Waals surface area (Å²) in [6.07, 6.45) is -4.28. The topological polar surface area (TPSA) is 26.0 Å². The molecule has 0 atom stereocenters. The van der Waals surface area contributed by atoms with Crippen LogP contribution in [0.25, 0.3) is 10.4 Å². The fraction of sp³-hybridized carbons (Fsp3) is 0.0909. The van der Waals surface area contributed by atoms with Crippen LogP contribution in [0.3, 0.4) is 0 Å². The normalized spacial score (nSPS) is 11.7. The molecule has 0 saturated heterocycles. The van der Waals surface area contributed by atoms with Crippen LogP contribution in [0.15, 0.2) is 36.4 Å². The molecule has 0 bridgehead atoms. The Bertz CT molecular complexity index is 485. The number of nitrogen functional groups attached to an aromatic ring is 1. The SMILES string of the molecule is Nc1ccc(-c2ccc(C(F)(F)F)cc2)s1. The Morgan fingerprint density at radius 2 is 1.56 bits per heavy atom. The second-order valence-corrected chi connectivity index (χ2v) is 4.39. The molecule has 0 aliphatic heterocycles. The first-order valence-electron chi connectivity index (χ1n) is 4.50. The maximum absolute atomic E-state index is 12.3. The molecule has 5 heteroatoms. The van der Waals surface area contributed by atoms with E-state index in [1.807, 2.05) is 0 Å². The Morgan fingerprint density at radius 3 is 2.00 bits per heavy atom. The van der Waals surface area contributed by atoms with E-state index in [1.54, 1.807) is 12.1 Å². The largest absolute Gasteiger partial charge is 0.416 e. The highest BCUT2D eigenvalue weighted by Crippen LogP contribution is 2.33. The lowest BCUT2D eigenvalue weighted by atomic mass is 10.1. The first kappa shape index (κ1) is 11.0. The highest BCUT2D eigenvalue weighted by Gasteiger charge is 2.29. The molecule has 0 spiro atoms. The van der Waals surface area contributed by atoms with Crippen molar-refractivity contribution in [2.45, 2.75) is 6.18 Å². The molecule has 0 saturated carbocycles. The minimum Gasteiger partial charge on any atom is -0.391 e. The maximum Gasteiger partial charge on any atom is 0.416 e. The Kier molecular flexibility index (Phi) is 2.63. The van der Waals surface area contributed by atoms with Crippen LogP contribution in [0.5, 0.6) is 0 Å². The quantitative estimate of drug-likeness (QED) is 0.804. The lowest BCUT2D eigenvalue weighted by molar-refractivity contribution is -0.137. The Labute approximate surface area is 94.3 Å². The van der Waals surface area contributed by atoms with Crippen LogP contribution >= 0.6 is 11.3 Å². The number of alkyl halides is 3. The van der Waals surface area contributed by atoms with Crippen LogP contribution < -0.4 is 5.73 Å². The summed E-state index contributed by atoms with van der Waals surface area (Å²) in [7, 11) is 0. The molecule has 1 aromatic heterocycles. The minimum atomic E-state index is -4.28. The number of benzene rings is 1. The Morgan fingerprint density at radius 1 is 0.938 bits per heavy atom. The van der Waals surface area contributed by atoms with Crippen molar-refractivity contribution in [2.75, 3.05) is 5.73 Å². The summed E-state index contributed by atoms with van der Waals surface area (Å²) in [4.78, 5) is 0.867. The van der Waals surface area contributed by atoms with Crippen molar-refractivity contribution in [2.24, 2.45) is 0 Å². The number of hydrogen-bond acceptors (Lipinski definition) is 2. The molecule has 0 fully saturated rings. The zero-order valence-electron chi connectivity index (χ0n) is 8.08. The van der Waals surface area contributed by atoms with Gasteiger partial charge in [0.25, 0.3) is 0 Å². The summed E-state index contributed by atoms with van der Waals surface area (Å²) in [5, 5.41) is 0.648. The monoisotopic (exact) mass is 243 g/mol. The molecular formula is C11H8F3NS. The van der Waals surface area contributed by atoms with E-state index in [-0.39, 0.29) is 0 Å². The number of hydrogen-bond donors (Lipinski definition) is 1. The zero-order chi connectivity index (χ0) is 11.8.